The van der Waals surface area contributed by atoms with Crippen LogP contribution in [0.3, 0.4) is 0 Å². The van der Waals surface area contributed by atoms with Crippen molar-refractivity contribution in [2.75, 3.05) is 10.6 Å². The lowest BCUT2D eigenvalue weighted by molar-refractivity contribution is -0.763. The molecule has 0 spiro atoms. The van der Waals surface area contributed by atoms with Gasteiger partial charge in [0.15, 0.2) is 12.7 Å². The van der Waals surface area contributed by atoms with Crippen LogP contribution in [0.1, 0.15) is 22.3 Å². The largest absolute Gasteiger partial charge is 1.00 e. The molecule has 6 nitrogen and oxygen atoms in total. The van der Waals surface area contributed by atoms with E-state index in [1.54, 1.807) is 21.8 Å². The summed E-state index contributed by atoms with van der Waals surface area (Å²) in [5, 5.41) is 5.96. The molecule has 7 heteroatoms. The number of carbonyl (C=O) groups excluding carboxylic acids is 2. The van der Waals surface area contributed by atoms with Gasteiger partial charge in [-0.3, -0.25) is 9.59 Å². The second-order valence-corrected chi connectivity index (χ2v) is 7.32. The highest BCUT2D eigenvalue weighted by Gasteiger charge is 2.18. The van der Waals surface area contributed by atoms with Crippen LogP contribution in [-0.2, 0) is 22.7 Å². The Morgan fingerprint density at radius 1 is 0.800 bits per heavy atom. The average Bonchev–Trinajstić information content (AvgIpc) is 3.08. The van der Waals surface area contributed by atoms with Crippen molar-refractivity contribution in [3.63, 3.8) is 0 Å². The van der Waals surface area contributed by atoms with Crippen molar-refractivity contribution in [2.45, 2.75) is 40.8 Å². The molecule has 158 valence electrons. The number of nitrogens with zero attached hydrogens (tertiary/aromatic N) is 2. The first-order valence-corrected chi connectivity index (χ1v) is 9.62. The monoisotopic (exact) mass is 470 g/mol. The highest BCUT2D eigenvalue weighted by atomic mass is 79.9. The Bertz CT molecular complexity index is 937. The quantitative estimate of drug-likeness (QED) is 0.508. The minimum Gasteiger partial charge on any atom is -1.00 e. The van der Waals surface area contributed by atoms with E-state index in [-0.39, 0.29) is 41.9 Å². The van der Waals surface area contributed by atoms with Gasteiger partial charge < -0.3 is 27.6 Å². The van der Waals surface area contributed by atoms with Crippen LogP contribution < -0.4 is 32.3 Å². The topological polar surface area (TPSA) is 67.0 Å². The summed E-state index contributed by atoms with van der Waals surface area (Å²) < 4.78 is 3.46. The Morgan fingerprint density at radius 2 is 1.27 bits per heavy atom. The molecule has 2 N–H and O–H groups in total. The predicted molar refractivity (Wildman–Crippen MR) is 114 cm³/mol. The highest BCUT2D eigenvalue weighted by molar-refractivity contribution is 5.92. The molecule has 0 bridgehead atoms. The fourth-order valence-electron chi connectivity index (χ4n) is 3.37. The molecular formula is C23H27BrN4O2. The molecule has 0 saturated carbocycles. The number of benzene rings is 2. The molecule has 0 aliphatic heterocycles. The molecule has 0 radical (unpaired) electrons. The van der Waals surface area contributed by atoms with Crippen molar-refractivity contribution in [2.24, 2.45) is 0 Å². The number of rotatable bonds is 6. The van der Waals surface area contributed by atoms with Crippen LogP contribution in [0.15, 0.2) is 54.9 Å². The Morgan fingerprint density at radius 3 is 1.77 bits per heavy atom. The molecule has 0 saturated heterocycles. The SMILES string of the molecule is Cc1cccc(C)c1NC(=O)Cn1ccc[n+]1CC(=O)Nc1c(C)cccc1C.[Br-]. The molecule has 30 heavy (non-hydrogen) atoms. The molecule has 3 rings (SSSR count). The van der Waals surface area contributed by atoms with E-state index in [0.29, 0.717) is 0 Å². The van der Waals surface area contributed by atoms with Gasteiger partial charge in [-0.05, 0) is 49.9 Å². The molecular weight excluding hydrogens is 444 g/mol. The molecule has 0 aliphatic carbocycles. The van der Waals surface area contributed by atoms with Gasteiger partial charge in [0.2, 0.25) is 12.5 Å². The van der Waals surface area contributed by atoms with Crippen LogP contribution in [0.25, 0.3) is 0 Å². The fraction of sp³-hybridized carbons (Fsp3) is 0.261. The molecule has 1 heterocycles. The summed E-state index contributed by atoms with van der Waals surface area (Å²) in [6, 6.07) is 13.6. The first kappa shape index (κ1) is 23.3. The van der Waals surface area contributed by atoms with Gasteiger partial charge in [-0.2, -0.15) is 4.68 Å². The maximum Gasteiger partial charge on any atom is 0.292 e. The minimum atomic E-state index is -0.137. The van der Waals surface area contributed by atoms with E-state index in [0.717, 1.165) is 33.6 Å². The Balaban J connectivity index is 0.00000320. The molecule has 0 atom stereocenters. The highest BCUT2D eigenvalue weighted by Crippen LogP contribution is 2.20. The van der Waals surface area contributed by atoms with Crippen molar-refractivity contribution >= 4 is 23.2 Å². The maximum absolute atomic E-state index is 12.6. The van der Waals surface area contributed by atoms with Crippen molar-refractivity contribution in [1.82, 2.24) is 4.68 Å². The molecule has 0 unspecified atom stereocenters. The number of aromatic nitrogens is 2. The van der Waals surface area contributed by atoms with Gasteiger partial charge in [0, 0.05) is 17.4 Å². The molecule has 1 aromatic heterocycles. The summed E-state index contributed by atoms with van der Waals surface area (Å²) in [5.41, 5.74) is 5.75. The number of amides is 2. The van der Waals surface area contributed by atoms with Crippen LogP contribution in [0, 0.1) is 27.7 Å². The number of aryl methyl sites for hydroxylation is 4. The van der Waals surface area contributed by atoms with Gasteiger partial charge in [-0.15, -0.1) is 4.68 Å². The lowest BCUT2D eigenvalue weighted by Gasteiger charge is -2.12. The van der Waals surface area contributed by atoms with Gasteiger partial charge in [-0.1, -0.05) is 36.4 Å². The smallest absolute Gasteiger partial charge is 0.292 e. The first-order chi connectivity index (χ1) is 13.8. The maximum atomic E-state index is 12.6. The number of para-hydroxylation sites is 2. The second-order valence-electron chi connectivity index (χ2n) is 7.32. The third kappa shape index (κ3) is 5.57. The summed E-state index contributed by atoms with van der Waals surface area (Å²) in [6.45, 7) is 8.12. The Hall–Kier alpha value is -2.93. The van der Waals surface area contributed by atoms with Gasteiger partial charge in [-0.25, -0.2) is 0 Å². The van der Waals surface area contributed by atoms with E-state index in [1.807, 2.05) is 70.2 Å². The van der Waals surface area contributed by atoms with Crippen LogP contribution >= 0.6 is 0 Å². The summed E-state index contributed by atoms with van der Waals surface area (Å²) in [5.74, 6) is -0.273. The van der Waals surface area contributed by atoms with E-state index >= 15 is 0 Å². The third-order valence-electron chi connectivity index (χ3n) is 4.95. The number of carbonyl (C=O) groups is 2. The normalized spacial score (nSPS) is 10.3. The van der Waals surface area contributed by atoms with E-state index in [2.05, 4.69) is 10.6 Å². The zero-order valence-electron chi connectivity index (χ0n) is 17.7. The molecule has 0 fully saturated rings. The zero-order valence-corrected chi connectivity index (χ0v) is 19.3. The number of hydrogen-bond acceptors (Lipinski definition) is 2. The summed E-state index contributed by atoms with van der Waals surface area (Å²) in [4.78, 5) is 25.1. The van der Waals surface area contributed by atoms with Crippen molar-refractivity contribution in [1.29, 1.82) is 0 Å². The Labute approximate surface area is 187 Å². The number of nitrogens with one attached hydrogen (secondary N) is 2. The summed E-state index contributed by atoms with van der Waals surface area (Å²) in [6.07, 6.45) is 3.58. The second kappa shape index (κ2) is 10.2. The lowest BCUT2D eigenvalue weighted by Crippen LogP contribution is -3.00. The zero-order chi connectivity index (χ0) is 21.0. The van der Waals surface area contributed by atoms with Gasteiger partial charge in [0.05, 0.1) is 6.20 Å². The number of anilines is 2. The van der Waals surface area contributed by atoms with Crippen LogP contribution in [-0.4, -0.2) is 16.5 Å². The van der Waals surface area contributed by atoms with E-state index in [1.165, 1.54) is 0 Å². The molecule has 2 amide bonds. The Kier molecular flexibility index (Phi) is 7.94. The van der Waals surface area contributed by atoms with Crippen molar-refractivity contribution in [3.05, 3.63) is 77.1 Å². The number of hydrogen-bond donors (Lipinski definition) is 2. The third-order valence-corrected chi connectivity index (χ3v) is 4.95. The molecule has 2 aromatic carbocycles. The van der Waals surface area contributed by atoms with Gasteiger partial charge in [0.1, 0.15) is 0 Å². The predicted octanol–water partition coefficient (Wildman–Crippen LogP) is 0.291. The first-order valence-electron chi connectivity index (χ1n) is 9.62. The minimum absolute atomic E-state index is 0. The number of halogens is 1. The van der Waals surface area contributed by atoms with Gasteiger partial charge >= 0.3 is 0 Å². The van der Waals surface area contributed by atoms with E-state index < -0.39 is 0 Å². The molecule has 0 aliphatic rings. The fourth-order valence-corrected chi connectivity index (χ4v) is 3.37. The average molecular weight is 471 g/mol. The van der Waals surface area contributed by atoms with Crippen LogP contribution in [0.4, 0.5) is 11.4 Å². The van der Waals surface area contributed by atoms with E-state index in [4.69, 9.17) is 0 Å². The van der Waals surface area contributed by atoms with E-state index in [9.17, 15) is 9.59 Å². The lowest BCUT2D eigenvalue weighted by atomic mass is 10.1. The van der Waals surface area contributed by atoms with Crippen molar-refractivity contribution < 1.29 is 31.3 Å². The summed E-state index contributed by atoms with van der Waals surface area (Å²) in [7, 11) is 0. The van der Waals surface area contributed by atoms with Gasteiger partial charge in [0.25, 0.3) is 5.91 Å². The molecule has 3 aromatic rings. The summed E-state index contributed by atoms with van der Waals surface area (Å²) >= 11 is 0. The van der Waals surface area contributed by atoms with Crippen LogP contribution in [0.2, 0.25) is 0 Å². The van der Waals surface area contributed by atoms with Crippen molar-refractivity contribution in [3.8, 4) is 0 Å². The standard InChI is InChI=1S/C23H26N4O2.BrH/c1-16-8-5-9-17(2)22(16)24-20(28)14-26-12-7-13-27(26)15-21(29)25-23-18(3)10-6-11-19(23)4;/h5-13H,14-15H2,1-4H3,(H-,24,25,28,29);1H. The van der Waals surface area contributed by atoms with Crippen LogP contribution in [0.5, 0.6) is 0 Å².